The average Bonchev–Trinajstić information content (AvgIpc) is 2.58. The lowest BCUT2D eigenvalue weighted by atomic mass is 9.85. The molecule has 0 aromatic heterocycles. The van der Waals surface area contributed by atoms with Gasteiger partial charge in [-0.1, -0.05) is 11.6 Å². The minimum atomic E-state index is -0.349. The maximum absolute atomic E-state index is 11.2. The van der Waals surface area contributed by atoms with Gasteiger partial charge < -0.3 is 10.1 Å². The van der Waals surface area contributed by atoms with E-state index in [-0.39, 0.29) is 16.7 Å². The Balaban J connectivity index is 1.96. The molecule has 2 aliphatic heterocycles. The van der Waals surface area contributed by atoms with Crippen LogP contribution in [0.3, 0.4) is 0 Å². The first-order valence-corrected chi connectivity index (χ1v) is 8.51. The number of nitrogens with one attached hydrogen (secondary N) is 1. The zero-order valence-corrected chi connectivity index (χ0v) is 13.8. The first-order chi connectivity index (χ1) is 11.2. The SMILES string of the molecule is O=[N+]([O-])c1ccc(Cl)c([C@@H](C2CCOCC2)N2CCNCC2)c1. The molecule has 1 aromatic rings. The Morgan fingerprint density at radius 3 is 2.65 bits per heavy atom. The van der Waals surface area contributed by atoms with E-state index in [2.05, 4.69) is 10.2 Å². The number of nitro benzene ring substituents is 1. The predicted octanol–water partition coefficient (Wildman–Crippen LogP) is 2.62. The second-order valence-corrected chi connectivity index (χ2v) is 6.55. The highest BCUT2D eigenvalue weighted by molar-refractivity contribution is 6.31. The maximum atomic E-state index is 11.2. The van der Waals surface area contributed by atoms with Gasteiger partial charge in [-0.15, -0.1) is 0 Å². The molecule has 7 heteroatoms. The summed E-state index contributed by atoms with van der Waals surface area (Å²) in [6.45, 7) is 5.24. The first-order valence-electron chi connectivity index (χ1n) is 8.13. The third-order valence-electron chi connectivity index (χ3n) is 4.77. The lowest BCUT2D eigenvalue weighted by Crippen LogP contribution is -2.47. The summed E-state index contributed by atoms with van der Waals surface area (Å²) in [5.41, 5.74) is 0.992. The van der Waals surface area contributed by atoms with Crippen LogP contribution in [0.2, 0.25) is 5.02 Å². The number of halogens is 1. The van der Waals surface area contributed by atoms with Crippen LogP contribution in [0.15, 0.2) is 18.2 Å². The molecule has 2 heterocycles. The van der Waals surface area contributed by atoms with E-state index in [0.717, 1.165) is 57.8 Å². The van der Waals surface area contributed by atoms with Gasteiger partial charge in [0.25, 0.3) is 5.69 Å². The van der Waals surface area contributed by atoms with Crippen molar-refractivity contribution in [3.05, 3.63) is 38.9 Å². The minimum Gasteiger partial charge on any atom is -0.381 e. The molecule has 1 aromatic carbocycles. The monoisotopic (exact) mass is 339 g/mol. The number of nitro groups is 1. The molecule has 3 rings (SSSR count). The number of rotatable bonds is 4. The molecular weight excluding hydrogens is 318 g/mol. The van der Waals surface area contributed by atoms with Crippen molar-refractivity contribution in [2.45, 2.75) is 18.9 Å². The average molecular weight is 340 g/mol. The van der Waals surface area contributed by atoms with E-state index >= 15 is 0 Å². The van der Waals surface area contributed by atoms with Crippen molar-refractivity contribution >= 4 is 17.3 Å². The smallest absolute Gasteiger partial charge is 0.269 e. The lowest BCUT2D eigenvalue weighted by Gasteiger charge is -2.41. The van der Waals surface area contributed by atoms with E-state index in [4.69, 9.17) is 16.3 Å². The lowest BCUT2D eigenvalue weighted by molar-refractivity contribution is -0.385. The number of hydrogen-bond donors (Lipinski definition) is 1. The quantitative estimate of drug-likeness (QED) is 0.674. The molecule has 0 aliphatic carbocycles. The third kappa shape index (κ3) is 3.83. The van der Waals surface area contributed by atoms with Crippen LogP contribution in [0.4, 0.5) is 5.69 Å². The summed E-state index contributed by atoms with van der Waals surface area (Å²) < 4.78 is 5.49. The maximum Gasteiger partial charge on any atom is 0.269 e. The summed E-state index contributed by atoms with van der Waals surface area (Å²) in [6, 6.07) is 4.91. The number of nitrogens with zero attached hydrogens (tertiary/aromatic N) is 2. The molecule has 1 N–H and O–H groups in total. The molecular formula is C16H22ClN3O3. The van der Waals surface area contributed by atoms with E-state index in [9.17, 15) is 10.1 Å². The molecule has 0 saturated carbocycles. The number of piperazine rings is 1. The van der Waals surface area contributed by atoms with Crippen molar-refractivity contribution in [3.8, 4) is 0 Å². The van der Waals surface area contributed by atoms with Gasteiger partial charge in [-0.3, -0.25) is 15.0 Å². The van der Waals surface area contributed by atoms with Crippen LogP contribution in [-0.2, 0) is 4.74 Å². The van der Waals surface area contributed by atoms with E-state index in [1.54, 1.807) is 12.1 Å². The van der Waals surface area contributed by atoms with Crippen LogP contribution in [0.25, 0.3) is 0 Å². The Labute approximate surface area is 140 Å². The van der Waals surface area contributed by atoms with E-state index < -0.39 is 0 Å². The van der Waals surface area contributed by atoms with Crippen molar-refractivity contribution in [1.82, 2.24) is 10.2 Å². The van der Waals surface area contributed by atoms with Crippen LogP contribution in [-0.4, -0.2) is 49.2 Å². The Bertz CT molecular complexity index is 540. The standard InChI is InChI=1S/C16H22ClN3O3/c17-15-2-1-13(20(21)22)11-14(15)16(12-3-9-23-10-4-12)19-7-5-18-6-8-19/h1-2,11-12,16,18H,3-10H2/t16-/m1/s1. The van der Waals surface area contributed by atoms with Gasteiger partial charge in [0.1, 0.15) is 0 Å². The zero-order valence-electron chi connectivity index (χ0n) is 13.0. The highest BCUT2D eigenvalue weighted by Gasteiger charge is 2.33. The van der Waals surface area contributed by atoms with Crippen molar-refractivity contribution in [2.75, 3.05) is 39.4 Å². The van der Waals surface area contributed by atoms with Gasteiger partial charge in [0.15, 0.2) is 0 Å². The third-order valence-corrected chi connectivity index (χ3v) is 5.11. The fraction of sp³-hybridized carbons (Fsp3) is 0.625. The van der Waals surface area contributed by atoms with Crippen LogP contribution < -0.4 is 5.32 Å². The topological polar surface area (TPSA) is 67.6 Å². The summed E-state index contributed by atoms with van der Waals surface area (Å²) in [7, 11) is 0. The second-order valence-electron chi connectivity index (χ2n) is 6.14. The molecule has 23 heavy (non-hydrogen) atoms. The van der Waals surface area contributed by atoms with E-state index in [1.165, 1.54) is 6.07 Å². The highest BCUT2D eigenvalue weighted by atomic mass is 35.5. The van der Waals surface area contributed by atoms with Crippen LogP contribution >= 0.6 is 11.6 Å². The van der Waals surface area contributed by atoms with E-state index in [1.807, 2.05) is 0 Å². The van der Waals surface area contributed by atoms with Crippen LogP contribution in [0, 0.1) is 16.0 Å². The van der Waals surface area contributed by atoms with Gasteiger partial charge in [0.2, 0.25) is 0 Å². The van der Waals surface area contributed by atoms with Gasteiger partial charge in [0.05, 0.1) is 4.92 Å². The Morgan fingerprint density at radius 2 is 2.00 bits per heavy atom. The summed E-state index contributed by atoms with van der Waals surface area (Å²) in [4.78, 5) is 13.2. The fourth-order valence-corrected chi connectivity index (χ4v) is 3.84. The molecule has 0 spiro atoms. The summed E-state index contributed by atoms with van der Waals surface area (Å²) in [6.07, 6.45) is 1.93. The molecule has 126 valence electrons. The Morgan fingerprint density at radius 1 is 1.30 bits per heavy atom. The fourth-order valence-electron chi connectivity index (χ4n) is 3.61. The van der Waals surface area contributed by atoms with E-state index in [0.29, 0.717) is 10.9 Å². The van der Waals surface area contributed by atoms with Gasteiger partial charge in [-0.25, -0.2) is 0 Å². The Kier molecular flexibility index (Phi) is 5.48. The largest absolute Gasteiger partial charge is 0.381 e. The summed E-state index contributed by atoms with van der Waals surface area (Å²) in [5.74, 6) is 0.418. The normalized spacial score (nSPS) is 22.0. The summed E-state index contributed by atoms with van der Waals surface area (Å²) in [5, 5.41) is 15.1. The number of non-ortho nitro benzene ring substituents is 1. The molecule has 0 radical (unpaired) electrons. The molecule has 0 amide bonds. The number of ether oxygens (including phenoxy) is 1. The molecule has 0 bridgehead atoms. The molecule has 2 fully saturated rings. The second kappa shape index (κ2) is 7.57. The highest BCUT2D eigenvalue weighted by Crippen LogP contribution is 2.39. The van der Waals surface area contributed by atoms with Crippen molar-refractivity contribution in [2.24, 2.45) is 5.92 Å². The van der Waals surface area contributed by atoms with Crippen LogP contribution in [0.1, 0.15) is 24.4 Å². The minimum absolute atomic E-state index is 0.108. The zero-order chi connectivity index (χ0) is 16.2. The van der Waals surface area contributed by atoms with Gasteiger partial charge in [-0.05, 0) is 30.4 Å². The van der Waals surface area contributed by atoms with Crippen molar-refractivity contribution < 1.29 is 9.66 Å². The van der Waals surface area contributed by atoms with Gasteiger partial charge in [-0.2, -0.15) is 0 Å². The molecule has 1 atom stereocenters. The van der Waals surface area contributed by atoms with Gasteiger partial charge >= 0.3 is 0 Å². The molecule has 6 nitrogen and oxygen atoms in total. The predicted molar refractivity (Wildman–Crippen MR) is 88.8 cm³/mol. The molecule has 0 unspecified atom stereocenters. The van der Waals surface area contributed by atoms with Crippen LogP contribution in [0.5, 0.6) is 0 Å². The van der Waals surface area contributed by atoms with Gasteiger partial charge in [0, 0.05) is 62.6 Å². The number of hydrogen-bond acceptors (Lipinski definition) is 5. The number of benzene rings is 1. The first kappa shape index (κ1) is 16.6. The van der Waals surface area contributed by atoms with Crippen molar-refractivity contribution in [3.63, 3.8) is 0 Å². The summed E-state index contributed by atoms with van der Waals surface area (Å²) >= 11 is 6.44. The molecule has 2 saturated heterocycles. The van der Waals surface area contributed by atoms with Crippen molar-refractivity contribution in [1.29, 1.82) is 0 Å². The molecule has 2 aliphatic rings. The Hall–Kier alpha value is -1.21.